The maximum Gasteiger partial charge on any atom is 0.428 e. The fourth-order valence-electron chi connectivity index (χ4n) is 2.67. The molecule has 1 heterocycles. The normalized spacial score (nSPS) is 15.0. The minimum Gasteiger partial charge on any atom is -0.479 e. The predicted molar refractivity (Wildman–Crippen MR) is 96.8 cm³/mol. The third-order valence-corrected chi connectivity index (χ3v) is 4.49. The van der Waals surface area contributed by atoms with E-state index in [1.807, 2.05) is 0 Å². The van der Waals surface area contributed by atoms with Gasteiger partial charge in [0.1, 0.15) is 5.56 Å². The number of ether oxygens (including phenoxy) is 2. The maximum atomic E-state index is 13.3. The Morgan fingerprint density at radius 3 is 2.22 bits per heavy atom. The van der Waals surface area contributed by atoms with Crippen LogP contribution in [0.1, 0.15) is 55.1 Å². The van der Waals surface area contributed by atoms with Crippen LogP contribution in [0.2, 0.25) is 0 Å². The number of carbonyl (C=O) groups is 2. The lowest BCUT2D eigenvalue weighted by atomic mass is 9.95. The molecule has 0 saturated carbocycles. The number of hydrogen-bond donors (Lipinski definition) is 3. The molecule has 0 aliphatic carbocycles. The monoisotopic (exact) mass is 476 g/mol. The molecule has 2 unspecified atom stereocenters. The van der Waals surface area contributed by atoms with Gasteiger partial charge in [-0.05, 0) is 38.7 Å². The summed E-state index contributed by atoms with van der Waals surface area (Å²) < 4.78 is 87.5. The molecule has 1 rings (SSSR count). The second-order valence-electron chi connectivity index (χ2n) is 6.96. The van der Waals surface area contributed by atoms with E-state index in [4.69, 9.17) is 15.6 Å². The molecule has 0 radical (unpaired) electrons. The number of carboxylic acids is 1. The standard InChI is InChI=1S/C18H22F6N2O6/c1-9(6-4-3-5-7-16(30,15(28)29)18(22,23)24)32-13-10(17(19,20)21)8-11(25)12(26-13)14(27)31-2/h8-9,30H,3-7,25H2,1-2H3,(H,28,29). The van der Waals surface area contributed by atoms with Crippen LogP contribution in [0.5, 0.6) is 5.88 Å². The van der Waals surface area contributed by atoms with Crippen LogP contribution in [0.4, 0.5) is 32.0 Å². The molecule has 1 aromatic heterocycles. The van der Waals surface area contributed by atoms with E-state index in [9.17, 15) is 41.0 Å². The summed E-state index contributed by atoms with van der Waals surface area (Å²) in [7, 11) is 0.981. The van der Waals surface area contributed by atoms with Crippen molar-refractivity contribution in [1.29, 1.82) is 0 Å². The number of aliphatic hydroxyl groups is 1. The third-order valence-electron chi connectivity index (χ3n) is 4.49. The van der Waals surface area contributed by atoms with Crippen molar-refractivity contribution in [2.75, 3.05) is 12.8 Å². The number of unbranched alkanes of at least 4 members (excludes halogenated alkanes) is 2. The molecule has 0 saturated heterocycles. The molecular formula is C18H22F6N2O6. The van der Waals surface area contributed by atoms with E-state index in [-0.39, 0.29) is 25.7 Å². The average Bonchev–Trinajstić information content (AvgIpc) is 2.66. The minimum atomic E-state index is -5.36. The summed E-state index contributed by atoms with van der Waals surface area (Å²) in [6, 6.07) is 0.477. The Hall–Kier alpha value is -2.77. The number of alkyl halides is 6. The number of nitrogens with zero attached hydrogens (tertiary/aromatic N) is 1. The number of nitrogen functional groups attached to an aromatic ring is 1. The number of pyridine rings is 1. The summed E-state index contributed by atoms with van der Waals surface area (Å²) in [5.41, 5.74) is -0.925. The average molecular weight is 476 g/mol. The maximum absolute atomic E-state index is 13.3. The quantitative estimate of drug-likeness (QED) is 0.265. The Bertz CT molecular complexity index is 829. The summed E-state index contributed by atoms with van der Waals surface area (Å²) in [6.07, 6.45) is -12.3. The van der Waals surface area contributed by atoms with Crippen molar-refractivity contribution in [3.63, 3.8) is 0 Å². The molecule has 0 fully saturated rings. The first-order chi connectivity index (χ1) is 14.5. The Morgan fingerprint density at radius 2 is 1.75 bits per heavy atom. The molecule has 2 atom stereocenters. The molecule has 0 aliphatic heterocycles. The minimum absolute atomic E-state index is 0.0358. The van der Waals surface area contributed by atoms with Gasteiger partial charge in [0.05, 0.1) is 18.9 Å². The number of carboxylic acid groups (broad SMARTS) is 1. The number of nitrogens with two attached hydrogens (primary N) is 1. The number of hydrogen-bond acceptors (Lipinski definition) is 7. The Morgan fingerprint density at radius 1 is 1.16 bits per heavy atom. The van der Waals surface area contributed by atoms with Gasteiger partial charge in [-0.25, -0.2) is 14.6 Å². The van der Waals surface area contributed by atoms with Gasteiger partial charge in [0.15, 0.2) is 5.69 Å². The van der Waals surface area contributed by atoms with Gasteiger partial charge in [-0.1, -0.05) is 6.42 Å². The lowest BCUT2D eigenvalue weighted by Crippen LogP contribution is -2.52. The van der Waals surface area contributed by atoms with Crippen LogP contribution >= 0.6 is 0 Å². The molecule has 0 spiro atoms. The second kappa shape index (κ2) is 10.2. The Labute approximate surface area is 178 Å². The number of halogens is 6. The van der Waals surface area contributed by atoms with Crippen molar-refractivity contribution in [3.8, 4) is 5.88 Å². The SMILES string of the molecule is COC(=O)c1nc(OC(C)CCCCCC(O)(C(=O)O)C(F)(F)F)c(C(F)(F)F)cc1N. The molecule has 1 aromatic rings. The van der Waals surface area contributed by atoms with Crippen LogP contribution in [-0.2, 0) is 15.7 Å². The molecule has 0 aromatic carbocycles. The number of rotatable bonds is 10. The van der Waals surface area contributed by atoms with Crippen molar-refractivity contribution in [3.05, 3.63) is 17.3 Å². The lowest BCUT2D eigenvalue weighted by molar-refractivity contribution is -0.262. The number of methoxy groups -OCH3 is 1. The van der Waals surface area contributed by atoms with Gasteiger partial charge in [0, 0.05) is 0 Å². The van der Waals surface area contributed by atoms with Crippen LogP contribution in [0.15, 0.2) is 6.07 Å². The summed E-state index contributed by atoms with van der Waals surface area (Å²) in [4.78, 5) is 25.9. The van der Waals surface area contributed by atoms with Crippen LogP contribution in [-0.4, -0.2) is 52.1 Å². The Balaban J connectivity index is 2.80. The number of anilines is 1. The third kappa shape index (κ3) is 6.61. The van der Waals surface area contributed by atoms with Crippen LogP contribution in [0, 0.1) is 0 Å². The first-order valence-corrected chi connectivity index (χ1v) is 9.19. The molecule has 0 aliphatic rings. The van der Waals surface area contributed by atoms with E-state index in [0.717, 1.165) is 7.11 Å². The van der Waals surface area contributed by atoms with E-state index in [1.54, 1.807) is 0 Å². The Kier molecular flexibility index (Phi) is 8.72. The van der Waals surface area contributed by atoms with Crippen LogP contribution in [0.25, 0.3) is 0 Å². The molecule has 14 heteroatoms. The van der Waals surface area contributed by atoms with E-state index >= 15 is 0 Å². The molecule has 182 valence electrons. The highest BCUT2D eigenvalue weighted by Crippen LogP contribution is 2.38. The topological polar surface area (TPSA) is 132 Å². The number of aromatic nitrogens is 1. The van der Waals surface area contributed by atoms with Gasteiger partial charge in [0.25, 0.3) is 5.60 Å². The fraction of sp³-hybridized carbons (Fsp3) is 0.611. The van der Waals surface area contributed by atoms with E-state index in [2.05, 4.69) is 9.72 Å². The van der Waals surface area contributed by atoms with Crippen LogP contribution < -0.4 is 10.5 Å². The highest BCUT2D eigenvalue weighted by Gasteiger charge is 2.59. The van der Waals surface area contributed by atoms with Gasteiger partial charge in [0.2, 0.25) is 5.88 Å². The van der Waals surface area contributed by atoms with E-state index < -0.39 is 65.2 Å². The predicted octanol–water partition coefficient (Wildman–Crippen LogP) is 3.57. The molecule has 8 nitrogen and oxygen atoms in total. The largest absolute Gasteiger partial charge is 0.479 e. The molecular weight excluding hydrogens is 454 g/mol. The fourth-order valence-corrected chi connectivity index (χ4v) is 2.67. The number of aliphatic carboxylic acids is 1. The van der Waals surface area contributed by atoms with Gasteiger partial charge < -0.3 is 25.4 Å². The number of esters is 1. The molecule has 0 amide bonds. The first-order valence-electron chi connectivity index (χ1n) is 9.19. The van der Waals surface area contributed by atoms with Crippen LogP contribution in [0.3, 0.4) is 0 Å². The zero-order valence-electron chi connectivity index (χ0n) is 17.0. The number of carbonyl (C=O) groups excluding carboxylic acids is 1. The zero-order chi connectivity index (χ0) is 24.9. The van der Waals surface area contributed by atoms with Crippen molar-refractivity contribution in [1.82, 2.24) is 4.98 Å². The molecule has 4 N–H and O–H groups in total. The van der Waals surface area contributed by atoms with Crippen molar-refractivity contribution in [2.45, 2.75) is 63.1 Å². The summed E-state index contributed by atoms with van der Waals surface area (Å²) in [6.45, 7) is 1.37. The highest BCUT2D eigenvalue weighted by atomic mass is 19.4. The van der Waals surface area contributed by atoms with Gasteiger partial charge >= 0.3 is 24.3 Å². The highest BCUT2D eigenvalue weighted by molar-refractivity contribution is 5.93. The van der Waals surface area contributed by atoms with E-state index in [1.165, 1.54) is 6.92 Å². The smallest absolute Gasteiger partial charge is 0.428 e. The summed E-state index contributed by atoms with van der Waals surface area (Å²) in [5, 5.41) is 18.0. The van der Waals surface area contributed by atoms with Crippen molar-refractivity contribution >= 4 is 17.6 Å². The van der Waals surface area contributed by atoms with Gasteiger partial charge in [-0.2, -0.15) is 26.3 Å². The van der Waals surface area contributed by atoms with E-state index in [0.29, 0.717) is 6.07 Å². The van der Waals surface area contributed by atoms with Gasteiger partial charge in [-0.15, -0.1) is 0 Å². The summed E-state index contributed by atoms with van der Waals surface area (Å²) in [5.74, 6) is -4.42. The molecule has 0 bridgehead atoms. The van der Waals surface area contributed by atoms with Crippen molar-refractivity contribution < 1.29 is 55.6 Å². The second-order valence-corrected chi connectivity index (χ2v) is 6.96. The summed E-state index contributed by atoms with van der Waals surface area (Å²) >= 11 is 0. The van der Waals surface area contributed by atoms with Crippen molar-refractivity contribution in [2.24, 2.45) is 0 Å². The lowest BCUT2D eigenvalue weighted by Gasteiger charge is -2.26. The first kappa shape index (κ1) is 27.3. The zero-order valence-corrected chi connectivity index (χ0v) is 17.0. The molecule has 32 heavy (non-hydrogen) atoms. The van der Waals surface area contributed by atoms with Gasteiger partial charge in [-0.3, -0.25) is 0 Å².